The zero-order valence-corrected chi connectivity index (χ0v) is 16.8. The van der Waals surface area contributed by atoms with Crippen LogP contribution in [0.3, 0.4) is 0 Å². The number of rotatable bonds is 5. The summed E-state index contributed by atoms with van der Waals surface area (Å²) in [6.45, 7) is 3.12. The molecule has 29 heavy (non-hydrogen) atoms. The molecule has 0 fully saturated rings. The fraction of sp³-hybridized carbons (Fsp3) is 0.167. The van der Waals surface area contributed by atoms with Crippen molar-refractivity contribution in [2.75, 3.05) is 5.32 Å². The van der Waals surface area contributed by atoms with E-state index in [2.05, 4.69) is 26.2 Å². The van der Waals surface area contributed by atoms with Crippen LogP contribution in [0.4, 0.5) is 10.1 Å². The first-order chi connectivity index (χ1) is 13.8. The van der Waals surface area contributed by atoms with E-state index in [1.54, 1.807) is 19.1 Å². The van der Waals surface area contributed by atoms with Gasteiger partial charge in [0.05, 0.1) is 15.6 Å². The lowest BCUT2D eigenvalue weighted by Crippen LogP contribution is -2.41. The van der Waals surface area contributed by atoms with E-state index < -0.39 is 23.7 Å². The van der Waals surface area contributed by atoms with Crippen molar-refractivity contribution >= 4 is 40.7 Å². The minimum atomic E-state index is -0.902. The van der Waals surface area contributed by atoms with Gasteiger partial charge in [-0.3, -0.25) is 9.59 Å². The van der Waals surface area contributed by atoms with Gasteiger partial charge in [-0.15, -0.1) is 5.10 Å². The van der Waals surface area contributed by atoms with Gasteiger partial charge in [-0.2, -0.15) is 4.68 Å². The number of halogens is 3. The third-order valence-corrected chi connectivity index (χ3v) is 4.82. The van der Waals surface area contributed by atoms with Crippen molar-refractivity contribution < 1.29 is 14.0 Å². The highest BCUT2D eigenvalue weighted by Crippen LogP contribution is 2.25. The number of carbonyl (C=O) groups is 2. The smallest absolute Gasteiger partial charge is 0.253 e. The maximum Gasteiger partial charge on any atom is 0.253 e. The average Bonchev–Trinajstić information content (AvgIpc) is 3.11. The molecule has 1 aromatic heterocycles. The monoisotopic (exact) mass is 436 g/mol. The van der Waals surface area contributed by atoms with Gasteiger partial charge in [-0.1, -0.05) is 29.3 Å². The van der Waals surface area contributed by atoms with Gasteiger partial charge >= 0.3 is 0 Å². The molecule has 1 atom stereocenters. The van der Waals surface area contributed by atoms with Gasteiger partial charge in [0, 0.05) is 5.69 Å². The van der Waals surface area contributed by atoms with Gasteiger partial charge in [0.25, 0.3) is 5.91 Å². The Hall–Kier alpha value is -3.04. The van der Waals surface area contributed by atoms with Crippen molar-refractivity contribution in [3.63, 3.8) is 0 Å². The van der Waals surface area contributed by atoms with E-state index in [0.717, 1.165) is 0 Å². The molecular weight excluding hydrogens is 422 g/mol. The minimum Gasteiger partial charge on any atom is -0.340 e. The van der Waals surface area contributed by atoms with E-state index in [1.165, 1.54) is 35.9 Å². The number of carbonyl (C=O) groups excluding carboxylic acids is 2. The quantitative estimate of drug-likeness (QED) is 0.639. The van der Waals surface area contributed by atoms with Crippen LogP contribution in [0.15, 0.2) is 36.4 Å². The highest BCUT2D eigenvalue weighted by Gasteiger charge is 2.20. The Kier molecular flexibility index (Phi) is 6.09. The van der Waals surface area contributed by atoms with Crippen LogP contribution in [0.5, 0.6) is 0 Å². The zero-order valence-electron chi connectivity index (χ0n) is 15.3. The summed E-state index contributed by atoms with van der Waals surface area (Å²) in [5.41, 5.74) is 0.535. The van der Waals surface area contributed by atoms with Crippen molar-refractivity contribution in [3.05, 3.63) is 63.6 Å². The molecule has 3 aromatic rings. The molecule has 0 aliphatic heterocycles. The van der Waals surface area contributed by atoms with Gasteiger partial charge < -0.3 is 10.6 Å². The molecule has 2 N–H and O–H groups in total. The second kappa shape index (κ2) is 8.54. The maximum atomic E-state index is 14.1. The van der Waals surface area contributed by atoms with Gasteiger partial charge in [0.2, 0.25) is 5.91 Å². The molecule has 0 aliphatic rings. The molecule has 11 heteroatoms. The second-order valence-electron chi connectivity index (χ2n) is 6.09. The summed E-state index contributed by atoms with van der Waals surface area (Å²) in [4.78, 5) is 24.8. The number of benzene rings is 2. The molecule has 0 saturated carbocycles. The number of nitrogens with zero attached hydrogens (tertiary/aromatic N) is 4. The SMILES string of the molecule is Cc1nnnn1-c1cc(NC(=O)C(C)NC(=O)c2cccc(Cl)c2Cl)ccc1F. The first-order valence-corrected chi connectivity index (χ1v) is 9.14. The van der Waals surface area contributed by atoms with E-state index in [0.29, 0.717) is 11.5 Å². The Morgan fingerprint density at radius 1 is 1.21 bits per heavy atom. The molecule has 2 aromatic carbocycles. The molecule has 1 heterocycles. The fourth-order valence-corrected chi connectivity index (χ4v) is 2.86. The van der Waals surface area contributed by atoms with Crippen LogP contribution in [-0.4, -0.2) is 38.1 Å². The topological polar surface area (TPSA) is 102 Å². The Balaban J connectivity index is 1.72. The summed E-state index contributed by atoms with van der Waals surface area (Å²) >= 11 is 11.9. The van der Waals surface area contributed by atoms with Crippen LogP contribution in [0, 0.1) is 12.7 Å². The van der Waals surface area contributed by atoms with Gasteiger partial charge in [0.15, 0.2) is 5.82 Å². The van der Waals surface area contributed by atoms with E-state index >= 15 is 0 Å². The zero-order chi connectivity index (χ0) is 21.1. The molecule has 8 nitrogen and oxygen atoms in total. The summed E-state index contributed by atoms with van der Waals surface area (Å²) in [5.74, 6) is -1.24. The molecule has 2 amide bonds. The first-order valence-electron chi connectivity index (χ1n) is 8.38. The largest absolute Gasteiger partial charge is 0.340 e. The van der Waals surface area contributed by atoms with Crippen LogP contribution in [0.2, 0.25) is 10.0 Å². The predicted molar refractivity (Wildman–Crippen MR) is 106 cm³/mol. The highest BCUT2D eigenvalue weighted by atomic mass is 35.5. The van der Waals surface area contributed by atoms with E-state index in [-0.39, 0.29) is 21.3 Å². The number of hydrogen-bond donors (Lipinski definition) is 2. The van der Waals surface area contributed by atoms with Crippen molar-refractivity contribution in [1.82, 2.24) is 25.5 Å². The molecular formula is C18H15Cl2FN6O2. The first kappa shape index (κ1) is 20.7. The lowest BCUT2D eigenvalue weighted by Gasteiger charge is -2.15. The number of anilines is 1. The molecule has 0 spiro atoms. The molecule has 0 aliphatic carbocycles. The Bertz CT molecular complexity index is 1090. The van der Waals surface area contributed by atoms with Crippen LogP contribution < -0.4 is 10.6 Å². The third kappa shape index (κ3) is 4.52. The fourth-order valence-electron chi connectivity index (χ4n) is 2.48. The average molecular weight is 437 g/mol. The minimum absolute atomic E-state index is 0.0766. The number of aryl methyl sites for hydroxylation is 1. The van der Waals surface area contributed by atoms with Crippen molar-refractivity contribution in [2.45, 2.75) is 19.9 Å². The van der Waals surface area contributed by atoms with Crippen molar-refractivity contribution in [3.8, 4) is 5.69 Å². The predicted octanol–water partition coefficient (Wildman–Crippen LogP) is 3.17. The molecule has 150 valence electrons. The highest BCUT2D eigenvalue weighted by molar-refractivity contribution is 6.43. The van der Waals surface area contributed by atoms with Crippen molar-refractivity contribution in [1.29, 1.82) is 0 Å². The molecule has 1 unspecified atom stereocenters. The summed E-state index contributed by atoms with van der Waals surface area (Å²) in [7, 11) is 0. The normalized spacial score (nSPS) is 11.8. The molecule has 0 radical (unpaired) electrons. The summed E-state index contributed by atoms with van der Waals surface area (Å²) in [6, 6.07) is 7.68. The van der Waals surface area contributed by atoms with E-state index in [9.17, 15) is 14.0 Å². The number of aromatic nitrogens is 4. The van der Waals surface area contributed by atoms with Crippen LogP contribution in [-0.2, 0) is 4.79 Å². The molecule has 0 bridgehead atoms. The Morgan fingerprint density at radius 3 is 2.66 bits per heavy atom. The van der Waals surface area contributed by atoms with Gasteiger partial charge in [0.1, 0.15) is 17.5 Å². The summed E-state index contributed by atoms with van der Waals surface area (Å²) in [6.07, 6.45) is 0. The number of tetrazole rings is 1. The number of amides is 2. The lowest BCUT2D eigenvalue weighted by atomic mass is 10.2. The molecule has 0 saturated heterocycles. The van der Waals surface area contributed by atoms with Gasteiger partial charge in [-0.25, -0.2) is 4.39 Å². The van der Waals surface area contributed by atoms with E-state index in [4.69, 9.17) is 23.2 Å². The van der Waals surface area contributed by atoms with Crippen molar-refractivity contribution in [2.24, 2.45) is 0 Å². The summed E-state index contributed by atoms with van der Waals surface area (Å²) in [5, 5.41) is 16.4. The van der Waals surface area contributed by atoms with Crippen LogP contribution in [0.25, 0.3) is 5.69 Å². The third-order valence-electron chi connectivity index (χ3n) is 4.00. The number of nitrogens with one attached hydrogen (secondary N) is 2. The Labute approximate surface area is 175 Å². The van der Waals surface area contributed by atoms with E-state index in [1.807, 2.05) is 0 Å². The van der Waals surface area contributed by atoms with Gasteiger partial charge in [-0.05, 0) is 54.6 Å². The number of hydrogen-bond acceptors (Lipinski definition) is 5. The Morgan fingerprint density at radius 2 is 1.97 bits per heavy atom. The standard InChI is InChI=1S/C18H15Cl2FN6O2/c1-9(22-18(29)12-4-3-5-13(19)16(12)20)17(28)23-11-6-7-14(21)15(8-11)27-10(2)24-25-26-27/h3-9H,1-2H3,(H,22,29)(H,23,28). The lowest BCUT2D eigenvalue weighted by molar-refractivity contribution is -0.117. The second-order valence-corrected chi connectivity index (χ2v) is 6.88. The molecule has 3 rings (SSSR count). The van der Waals surface area contributed by atoms with Crippen LogP contribution in [0.1, 0.15) is 23.1 Å². The van der Waals surface area contributed by atoms with Crippen LogP contribution >= 0.6 is 23.2 Å². The summed E-state index contributed by atoms with van der Waals surface area (Å²) < 4.78 is 15.3. The maximum absolute atomic E-state index is 14.1.